The highest BCUT2D eigenvalue weighted by molar-refractivity contribution is 6.00. The monoisotopic (exact) mass is 550 g/mol. The first-order valence-electron chi connectivity index (χ1n) is 13.7. The van der Waals surface area contributed by atoms with Crippen LogP contribution in [-0.4, -0.2) is 59.9 Å². The second kappa shape index (κ2) is 13.7. The Kier molecular flexibility index (Phi) is 9.90. The van der Waals surface area contributed by atoms with Crippen LogP contribution in [-0.2, 0) is 17.8 Å². The Bertz CT molecular complexity index is 1370. The van der Waals surface area contributed by atoms with Crippen molar-refractivity contribution in [2.75, 3.05) is 32.0 Å². The van der Waals surface area contributed by atoms with Gasteiger partial charge in [-0.1, -0.05) is 12.1 Å². The molecular weight excluding hydrogens is 512 g/mol. The van der Waals surface area contributed by atoms with Gasteiger partial charge in [-0.25, -0.2) is 4.98 Å². The number of nitrogens with one attached hydrogen (secondary N) is 3. The zero-order valence-electron chi connectivity index (χ0n) is 22.8. The van der Waals surface area contributed by atoms with Crippen molar-refractivity contribution in [3.8, 4) is 0 Å². The van der Waals surface area contributed by atoms with Crippen molar-refractivity contribution in [1.82, 2.24) is 20.2 Å². The summed E-state index contributed by atoms with van der Waals surface area (Å²) in [5.74, 6) is -0.457. The number of piperidine rings is 1. The predicted molar refractivity (Wildman–Crippen MR) is 154 cm³/mol. The van der Waals surface area contributed by atoms with Crippen LogP contribution in [0.15, 0.2) is 50.7 Å². The van der Waals surface area contributed by atoms with Crippen molar-refractivity contribution in [2.24, 2.45) is 22.4 Å². The van der Waals surface area contributed by atoms with Crippen LogP contribution in [0.4, 0.5) is 5.69 Å². The number of guanidine groups is 1. The van der Waals surface area contributed by atoms with Crippen LogP contribution in [0.5, 0.6) is 0 Å². The highest BCUT2D eigenvalue weighted by atomic mass is 16.4. The van der Waals surface area contributed by atoms with Crippen molar-refractivity contribution >= 4 is 34.4 Å². The number of carbonyl (C=O) groups is 2. The van der Waals surface area contributed by atoms with Gasteiger partial charge in [0, 0.05) is 19.8 Å². The summed E-state index contributed by atoms with van der Waals surface area (Å²) in [7, 11) is 1.71. The highest BCUT2D eigenvalue weighted by Gasteiger charge is 2.27. The quantitative estimate of drug-likeness (QED) is 0.0908. The number of rotatable bonds is 13. The molecule has 12 nitrogen and oxygen atoms in total. The molecule has 40 heavy (non-hydrogen) atoms. The van der Waals surface area contributed by atoms with Gasteiger partial charge in [0.2, 0.25) is 11.7 Å². The number of para-hydroxylation sites is 2. The SMILES string of the molecule is CNc1c(CCC2CCNCC2)ccn(CC(=O)N[C@@H](CCCN=C(N)N)C(=O)c2nc3ccccc3o2)c1=O. The Morgan fingerprint density at radius 3 is 2.73 bits per heavy atom. The van der Waals surface area contributed by atoms with E-state index in [-0.39, 0.29) is 30.4 Å². The molecule has 1 aromatic carbocycles. The molecule has 0 radical (unpaired) electrons. The Labute approximate surface area is 232 Å². The smallest absolute Gasteiger partial charge is 0.274 e. The number of hydrogen-bond donors (Lipinski definition) is 5. The molecule has 1 fully saturated rings. The number of nitrogens with two attached hydrogens (primary N) is 2. The zero-order chi connectivity index (χ0) is 28.5. The average Bonchev–Trinajstić information content (AvgIpc) is 3.39. The number of pyridine rings is 1. The summed E-state index contributed by atoms with van der Waals surface area (Å²) in [6, 6.07) is 7.99. The van der Waals surface area contributed by atoms with Crippen molar-refractivity contribution in [2.45, 2.75) is 51.1 Å². The van der Waals surface area contributed by atoms with Gasteiger partial charge in [-0.2, -0.15) is 0 Å². The van der Waals surface area contributed by atoms with Gasteiger partial charge in [-0.15, -0.1) is 0 Å². The van der Waals surface area contributed by atoms with Crippen molar-refractivity contribution < 1.29 is 14.0 Å². The van der Waals surface area contributed by atoms with Crippen LogP contribution in [0.25, 0.3) is 11.1 Å². The van der Waals surface area contributed by atoms with E-state index in [2.05, 4.69) is 25.9 Å². The Morgan fingerprint density at radius 1 is 1.23 bits per heavy atom. The molecular formula is C28H38N8O4. The maximum absolute atomic E-state index is 13.3. The van der Waals surface area contributed by atoms with E-state index in [1.807, 2.05) is 6.07 Å². The van der Waals surface area contributed by atoms with E-state index in [1.165, 1.54) is 4.57 Å². The number of nitrogens with zero attached hydrogens (tertiary/aromatic N) is 3. The van der Waals surface area contributed by atoms with E-state index in [4.69, 9.17) is 15.9 Å². The van der Waals surface area contributed by atoms with Gasteiger partial charge in [0.1, 0.15) is 17.7 Å². The van der Waals surface area contributed by atoms with Crippen LogP contribution in [0.1, 0.15) is 48.4 Å². The summed E-state index contributed by atoms with van der Waals surface area (Å²) >= 11 is 0. The number of aliphatic imine (C=N–C) groups is 1. The van der Waals surface area contributed by atoms with Gasteiger partial charge in [-0.3, -0.25) is 19.4 Å². The summed E-state index contributed by atoms with van der Waals surface area (Å²) in [5, 5.41) is 9.15. The van der Waals surface area contributed by atoms with Crippen LogP contribution in [0, 0.1) is 5.92 Å². The first-order chi connectivity index (χ1) is 19.4. The molecule has 3 aromatic rings. The maximum Gasteiger partial charge on any atom is 0.274 e. The number of Topliss-reactive ketones (excluding diaryl/α,β-unsaturated/α-hetero) is 1. The minimum Gasteiger partial charge on any atom is -0.434 e. The lowest BCUT2D eigenvalue weighted by Crippen LogP contribution is -2.43. The third-order valence-corrected chi connectivity index (χ3v) is 7.20. The van der Waals surface area contributed by atoms with Gasteiger partial charge >= 0.3 is 0 Å². The predicted octanol–water partition coefficient (Wildman–Crippen LogP) is 1.38. The van der Waals surface area contributed by atoms with Crippen LogP contribution >= 0.6 is 0 Å². The normalized spacial score (nSPS) is 14.5. The maximum atomic E-state index is 13.3. The number of oxazole rings is 1. The van der Waals surface area contributed by atoms with Crippen molar-refractivity contribution in [1.29, 1.82) is 0 Å². The Morgan fingerprint density at radius 2 is 2.00 bits per heavy atom. The number of aromatic nitrogens is 2. The number of anilines is 1. The molecule has 1 atom stereocenters. The minimum atomic E-state index is -0.932. The highest BCUT2D eigenvalue weighted by Crippen LogP contribution is 2.21. The third-order valence-electron chi connectivity index (χ3n) is 7.20. The lowest BCUT2D eigenvalue weighted by molar-refractivity contribution is -0.122. The zero-order valence-corrected chi connectivity index (χ0v) is 22.8. The summed E-state index contributed by atoms with van der Waals surface area (Å²) in [6.45, 7) is 2.11. The average molecular weight is 551 g/mol. The van der Waals surface area contributed by atoms with Crippen LogP contribution in [0.2, 0.25) is 0 Å². The lowest BCUT2D eigenvalue weighted by Gasteiger charge is -2.23. The number of ketones is 1. The molecule has 12 heteroatoms. The van der Waals surface area contributed by atoms with Crippen LogP contribution < -0.4 is 33.0 Å². The Balaban J connectivity index is 1.45. The number of amides is 1. The molecule has 4 rings (SSSR count). The van der Waals surface area contributed by atoms with Gasteiger partial charge < -0.3 is 36.4 Å². The molecule has 0 aliphatic carbocycles. The molecule has 3 heterocycles. The first-order valence-corrected chi connectivity index (χ1v) is 13.7. The topological polar surface area (TPSA) is 183 Å². The Hall–Kier alpha value is -4.19. The number of aryl methyl sites for hydroxylation is 1. The van der Waals surface area contributed by atoms with Crippen LogP contribution in [0.3, 0.4) is 0 Å². The molecule has 0 bridgehead atoms. The first kappa shape index (κ1) is 28.8. The number of fused-ring (bicyclic) bond motifs is 1. The lowest BCUT2D eigenvalue weighted by atomic mass is 9.91. The molecule has 7 N–H and O–H groups in total. The second-order valence-electron chi connectivity index (χ2n) is 10.1. The molecule has 2 aromatic heterocycles. The van der Waals surface area contributed by atoms with Gasteiger partial charge in [0.05, 0.1) is 6.04 Å². The summed E-state index contributed by atoms with van der Waals surface area (Å²) < 4.78 is 6.98. The standard InChI is InChI=1S/C28H38N8O4/c1-31-24-19(9-8-18-10-14-32-15-11-18)12-16-36(27(24)39)17-23(37)34-21(6-4-13-33-28(29)30)25(38)26-35-20-5-2-3-7-22(20)40-26/h2-3,5,7,12,16,18,21,31-32H,4,6,8-11,13-15,17H2,1H3,(H,34,37)(H4,29,30,33)/t21-/m0/s1. The summed E-state index contributed by atoms with van der Waals surface area (Å²) in [6.07, 6.45) is 6.41. The van der Waals surface area contributed by atoms with Gasteiger partial charge in [-0.05, 0) is 81.3 Å². The molecule has 0 unspecified atom stereocenters. The molecule has 1 aliphatic rings. The van der Waals surface area contributed by atoms with Gasteiger partial charge in [0.15, 0.2) is 11.5 Å². The van der Waals surface area contributed by atoms with E-state index >= 15 is 0 Å². The van der Waals surface area contributed by atoms with E-state index in [1.54, 1.807) is 37.5 Å². The molecule has 1 saturated heterocycles. The van der Waals surface area contributed by atoms with Crippen molar-refractivity contribution in [3.63, 3.8) is 0 Å². The molecule has 214 valence electrons. The second-order valence-corrected chi connectivity index (χ2v) is 10.1. The molecule has 1 aliphatic heterocycles. The molecule has 0 spiro atoms. The number of hydrogen-bond acceptors (Lipinski definition) is 8. The van der Waals surface area contributed by atoms with E-state index in [0.29, 0.717) is 35.7 Å². The van der Waals surface area contributed by atoms with E-state index in [0.717, 1.165) is 44.3 Å². The van der Waals surface area contributed by atoms with Crippen molar-refractivity contribution in [3.05, 3.63) is 58.3 Å². The fourth-order valence-corrected chi connectivity index (χ4v) is 5.04. The summed E-state index contributed by atoms with van der Waals surface area (Å²) in [4.78, 5) is 47.8. The number of carbonyl (C=O) groups excluding carboxylic acids is 2. The van der Waals surface area contributed by atoms with E-state index in [9.17, 15) is 14.4 Å². The fraction of sp³-hybridized carbons (Fsp3) is 0.464. The van der Waals surface area contributed by atoms with Gasteiger partial charge in [0.25, 0.3) is 11.4 Å². The van der Waals surface area contributed by atoms with E-state index < -0.39 is 17.7 Å². The molecule has 0 saturated carbocycles. The summed E-state index contributed by atoms with van der Waals surface area (Å²) in [5.41, 5.74) is 13.0. The minimum absolute atomic E-state index is 0.0511. The fourth-order valence-electron chi connectivity index (χ4n) is 5.04. The molecule has 1 amide bonds. The number of benzene rings is 1. The largest absolute Gasteiger partial charge is 0.434 e. The third kappa shape index (κ3) is 7.47.